The molecule has 5 N–H and O–H groups in total. The van der Waals surface area contributed by atoms with Crippen LogP contribution in [-0.2, 0) is 15.6 Å². The fraction of sp³-hybridized carbons (Fsp3) is 0.538. The molecule has 11 heteroatoms. The largest absolute Gasteiger partial charge is 0.364 e. The van der Waals surface area contributed by atoms with E-state index >= 15 is 0 Å². The Morgan fingerprint density at radius 1 is 1.19 bits per heavy atom. The van der Waals surface area contributed by atoms with Crippen LogP contribution in [0.15, 0.2) is 35.4 Å². The van der Waals surface area contributed by atoms with Gasteiger partial charge < -0.3 is 26.6 Å². The van der Waals surface area contributed by atoms with Gasteiger partial charge in [0.25, 0.3) is 5.91 Å². The Morgan fingerprint density at radius 3 is 2.49 bits per heavy atom. The van der Waals surface area contributed by atoms with Gasteiger partial charge in [0.15, 0.2) is 11.5 Å². The zero-order valence-electron chi connectivity index (χ0n) is 21.8. The van der Waals surface area contributed by atoms with Crippen LogP contribution in [0.4, 0.5) is 17.3 Å². The molecular weight excluding hydrogens is 490 g/mol. The summed E-state index contributed by atoms with van der Waals surface area (Å²) in [5.74, 6) is 0.477. The Labute approximate surface area is 220 Å². The van der Waals surface area contributed by atoms with Crippen molar-refractivity contribution in [2.75, 3.05) is 42.7 Å². The van der Waals surface area contributed by atoms with Crippen LogP contribution in [0.5, 0.6) is 0 Å². The number of piperidine rings is 1. The quantitative estimate of drug-likeness (QED) is 0.429. The number of nitrogens with two attached hydrogens (primary N) is 1. The summed E-state index contributed by atoms with van der Waals surface area (Å²) in [6.45, 7) is 7.48. The van der Waals surface area contributed by atoms with E-state index in [4.69, 9.17) is 5.73 Å². The van der Waals surface area contributed by atoms with Crippen LogP contribution in [-0.4, -0.2) is 64.5 Å². The predicted octanol–water partition coefficient (Wildman–Crippen LogP) is 2.17. The molecule has 3 fully saturated rings. The van der Waals surface area contributed by atoms with E-state index in [1.54, 1.807) is 36.7 Å². The van der Waals surface area contributed by atoms with E-state index in [0.717, 1.165) is 45.3 Å². The van der Waals surface area contributed by atoms with Crippen LogP contribution < -0.4 is 26.6 Å². The molecule has 3 heterocycles. The number of primary amides is 1. The fourth-order valence-electron chi connectivity index (χ4n) is 5.23. The molecule has 1 saturated carbocycles. The van der Waals surface area contributed by atoms with Gasteiger partial charge in [-0.05, 0) is 55.4 Å². The van der Waals surface area contributed by atoms with Crippen LogP contribution in [0.1, 0.15) is 50.0 Å². The van der Waals surface area contributed by atoms with Crippen LogP contribution in [0.3, 0.4) is 0 Å². The van der Waals surface area contributed by atoms with Crippen molar-refractivity contribution in [3.63, 3.8) is 0 Å². The molecule has 2 unspecified atom stereocenters. The number of carbonyl (C=O) groups is 2. The summed E-state index contributed by atoms with van der Waals surface area (Å²) in [7, 11) is -1.08. The first-order chi connectivity index (χ1) is 17.8. The first kappa shape index (κ1) is 27.0. The minimum atomic E-state index is -1.08. The van der Waals surface area contributed by atoms with Crippen molar-refractivity contribution in [1.29, 1.82) is 0 Å². The Balaban J connectivity index is 0.00000156. The zero-order valence-corrected chi connectivity index (χ0v) is 22.6. The van der Waals surface area contributed by atoms with Crippen molar-refractivity contribution < 1.29 is 13.8 Å². The number of nitrogens with zero attached hydrogens (tertiary/aromatic N) is 3. The van der Waals surface area contributed by atoms with Gasteiger partial charge in [-0.15, -0.1) is 0 Å². The van der Waals surface area contributed by atoms with Gasteiger partial charge in [-0.2, -0.15) is 0 Å². The van der Waals surface area contributed by atoms with Gasteiger partial charge in [0.1, 0.15) is 5.82 Å². The normalized spacial score (nSPS) is 21.1. The van der Waals surface area contributed by atoms with Crippen molar-refractivity contribution in [3.8, 4) is 0 Å². The fourth-order valence-corrected chi connectivity index (χ4v) is 5.75. The highest BCUT2D eigenvalue weighted by atomic mass is 32.2. The van der Waals surface area contributed by atoms with Crippen molar-refractivity contribution in [2.45, 2.75) is 50.5 Å². The number of carbonyl (C=O) groups excluding carboxylic acids is 2. The first-order valence-corrected chi connectivity index (χ1v) is 14.5. The molecule has 1 aromatic heterocycles. The lowest BCUT2D eigenvalue weighted by atomic mass is 9.58. The number of amides is 2. The summed E-state index contributed by atoms with van der Waals surface area (Å²) >= 11 is 0. The third-order valence-electron chi connectivity index (χ3n) is 7.26. The van der Waals surface area contributed by atoms with Gasteiger partial charge in [-0.3, -0.25) is 13.8 Å². The Morgan fingerprint density at radius 2 is 1.89 bits per heavy atom. The molecule has 0 bridgehead atoms. The van der Waals surface area contributed by atoms with E-state index in [1.807, 2.05) is 13.8 Å². The van der Waals surface area contributed by atoms with E-state index < -0.39 is 16.7 Å². The number of rotatable bonds is 7. The van der Waals surface area contributed by atoms with Gasteiger partial charge in [0.2, 0.25) is 5.91 Å². The Hall–Kier alpha value is -3.05. The predicted molar refractivity (Wildman–Crippen MR) is 145 cm³/mol. The SMILES string of the molecule is CC.CS(=O)c1ccc(Nc2nc(N3CCCC(NC(=O)C4CC5(CNC5)C4)C3)cnc2C(N)=O)cc1. The molecule has 2 aromatic rings. The Bertz CT molecular complexity index is 1150. The van der Waals surface area contributed by atoms with Crippen molar-refractivity contribution in [2.24, 2.45) is 17.1 Å². The highest BCUT2D eigenvalue weighted by molar-refractivity contribution is 7.84. The van der Waals surface area contributed by atoms with E-state index in [1.165, 1.54) is 0 Å². The second kappa shape index (κ2) is 11.6. The maximum atomic E-state index is 12.7. The van der Waals surface area contributed by atoms with Gasteiger partial charge in [0, 0.05) is 65.8 Å². The molecular formula is C26H37N7O3S. The maximum Gasteiger partial charge on any atom is 0.271 e. The lowest BCUT2D eigenvalue weighted by Gasteiger charge is -2.54. The molecule has 2 aliphatic heterocycles. The van der Waals surface area contributed by atoms with E-state index in [-0.39, 0.29) is 29.4 Å². The third-order valence-corrected chi connectivity index (χ3v) is 8.20. The third kappa shape index (κ3) is 6.10. The number of benzene rings is 1. The second-order valence-corrected chi connectivity index (χ2v) is 11.3. The molecule has 1 aliphatic carbocycles. The van der Waals surface area contributed by atoms with Crippen molar-refractivity contribution in [3.05, 3.63) is 36.2 Å². The highest BCUT2D eigenvalue weighted by Gasteiger charge is 2.51. The number of anilines is 3. The van der Waals surface area contributed by atoms with Crippen LogP contribution in [0.25, 0.3) is 0 Å². The minimum absolute atomic E-state index is 0.0446. The van der Waals surface area contributed by atoms with E-state index in [2.05, 4.69) is 30.8 Å². The van der Waals surface area contributed by atoms with Gasteiger partial charge in [-0.25, -0.2) is 9.97 Å². The Kier molecular flexibility index (Phi) is 8.43. The minimum Gasteiger partial charge on any atom is -0.364 e. The number of nitrogens with one attached hydrogen (secondary N) is 3. The molecule has 1 spiro atoms. The molecule has 3 aliphatic rings. The average molecular weight is 528 g/mol. The van der Waals surface area contributed by atoms with Gasteiger partial charge in [0.05, 0.1) is 6.20 Å². The summed E-state index contributed by atoms with van der Waals surface area (Å²) in [5, 5.41) is 9.67. The summed E-state index contributed by atoms with van der Waals surface area (Å²) in [5.41, 5.74) is 6.62. The second-order valence-electron chi connectivity index (χ2n) is 9.90. The molecule has 2 atom stereocenters. The maximum absolute atomic E-state index is 12.7. The van der Waals surface area contributed by atoms with Gasteiger partial charge >= 0.3 is 0 Å². The zero-order chi connectivity index (χ0) is 26.6. The topological polar surface area (TPSA) is 142 Å². The monoisotopic (exact) mass is 527 g/mol. The average Bonchev–Trinajstić information content (AvgIpc) is 2.84. The smallest absolute Gasteiger partial charge is 0.271 e. The molecule has 2 amide bonds. The molecule has 10 nitrogen and oxygen atoms in total. The number of hydrogen-bond donors (Lipinski definition) is 4. The van der Waals surface area contributed by atoms with Crippen molar-refractivity contribution in [1.82, 2.24) is 20.6 Å². The molecule has 37 heavy (non-hydrogen) atoms. The van der Waals surface area contributed by atoms with Crippen LogP contribution >= 0.6 is 0 Å². The van der Waals surface area contributed by atoms with Crippen LogP contribution in [0.2, 0.25) is 0 Å². The molecule has 5 rings (SSSR count). The summed E-state index contributed by atoms with van der Waals surface area (Å²) in [6, 6.07) is 7.09. The molecule has 2 saturated heterocycles. The van der Waals surface area contributed by atoms with E-state index in [0.29, 0.717) is 28.4 Å². The summed E-state index contributed by atoms with van der Waals surface area (Å²) in [4.78, 5) is 36.4. The molecule has 200 valence electrons. The summed E-state index contributed by atoms with van der Waals surface area (Å²) < 4.78 is 11.6. The van der Waals surface area contributed by atoms with Crippen molar-refractivity contribution >= 4 is 39.9 Å². The van der Waals surface area contributed by atoms with E-state index in [9.17, 15) is 13.8 Å². The number of aromatic nitrogens is 2. The molecule has 1 aromatic carbocycles. The van der Waals surface area contributed by atoms with Gasteiger partial charge in [-0.1, -0.05) is 13.8 Å². The lowest BCUT2D eigenvalue weighted by Crippen LogP contribution is -2.63. The number of hydrogen-bond acceptors (Lipinski definition) is 8. The first-order valence-electron chi connectivity index (χ1n) is 13.0. The summed E-state index contributed by atoms with van der Waals surface area (Å²) in [6.07, 6.45) is 6.97. The van der Waals surface area contributed by atoms with Crippen LogP contribution in [0, 0.1) is 11.3 Å². The standard InChI is InChI=1S/C24H31N7O3S.C2H6/c1-35(34)18-6-4-16(5-7-18)28-22-20(21(25)32)27-11-19(30-22)31-8-2-3-17(12-31)29-23(33)15-9-24(10-15)13-26-14-24;1-2/h4-7,11,15,17,26H,2-3,8-10,12-14H2,1H3,(H2,25,32)(H,28,30)(H,29,33);1-2H3. The highest BCUT2D eigenvalue weighted by Crippen LogP contribution is 2.48. The lowest BCUT2D eigenvalue weighted by molar-refractivity contribution is -0.135. The molecule has 0 radical (unpaired) electrons.